The SMILES string of the molecule is CCOCCCN[C@@H]1CCCC[C@H]1F. The van der Waals surface area contributed by atoms with Crippen molar-refractivity contribution in [2.24, 2.45) is 0 Å². The quantitative estimate of drug-likeness (QED) is 0.669. The maximum Gasteiger partial charge on any atom is 0.115 e. The van der Waals surface area contributed by atoms with Crippen LogP contribution in [0.3, 0.4) is 0 Å². The zero-order valence-corrected chi connectivity index (χ0v) is 9.10. The van der Waals surface area contributed by atoms with Gasteiger partial charge in [-0.15, -0.1) is 0 Å². The van der Waals surface area contributed by atoms with Gasteiger partial charge in [0, 0.05) is 19.3 Å². The first kappa shape index (κ1) is 11.9. The van der Waals surface area contributed by atoms with Crippen molar-refractivity contribution in [1.29, 1.82) is 0 Å². The highest BCUT2D eigenvalue weighted by Gasteiger charge is 2.23. The molecule has 0 aliphatic heterocycles. The second-order valence-corrected chi connectivity index (χ2v) is 3.91. The number of rotatable bonds is 6. The smallest absolute Gasteiger partial charge is 0.115 e. The maximum atomic E-state index is 13.3. The molecular formula is C11H22FNO. The second kappa shape index (κ2) is 7.18. The summed E-state index contributed by atoms with van der Waals surface area (Å²) in [5, 5.41) is 3.28. The predicted molar refractivity (Wildman–Crippen MR) is 56.3 cm³/mol. The number of ether oxygens (including phenoxy) is 1. The van der Waals surface area contributed by atoms with Gasteiger partial charge in [-0.1, -0.05) is 12.8 Å². The molecule has 1 fully saturated rings. The fraction of sp³-hybridized carbons (Fsp3) is 1.00. The van der Waals surface area contributed by atoms with Gasteiger partial charge in [0.15, 0.2) is 0 Å². The molecule has 3 heteroatoms. The largest absolute Gasteiger partial charge is 0.382 e. The molecule has 0 heterocycles. The van der Waals surface area contributed by atoms with Crippen LogP contribution in [0.2, 0.25) is 0 Å². The minimum Gasteiger partial charge on any atom is -0.382 e. The number of nitrogens with one attached hydrogen (secondary N) is 1. The third-order valence-electron chi connectivity index (χ3n) is 2.76. The van der Waals surface area contributed by atoms with Crippen LogP contribution in [0.15, 0.2) is 0 Å². The Morgan fingerprint density at radius 2 is 2.14 bits per heavy atom. The van der Waals surface area contributed by atoms with Crippen LogP contribution in [0.5, 0.6) is 0 Å². The molecule has 14 heavy (non-hydrogen) atoms. The molecule has 1 rings (SSSR count). The lowest BCUT2D eigenvalue weighted by Crippen LogP contribution is -2.40. The Labute approximate surface area is 86.2 Å². The van der Waals surface area contributed by atoms with Crippen LogP contribution in [0.1, 0.15) is 39.0 Å². The van der Waals surface area contributed by atoms with Crippen LogP contribution in [0.25, 0.3) is 0 Å². The van der Waals surface area contributed by atoms with E-state index in [4.69, 9.17) is 4.74 Å². The van der Waals surface area contributed by atoms with Crippen molar-refractivity contribution >= 4 is 0 Å². The van der Waals surface area contributed by atoms with Gasteiger partial charge in [-0.3, -0.25) is 0 Å². The summed E-state index contributed by atoms with van der Waals surface area (Å²) in [6.45, 7) is 4.43. The van der Waals surface area contributed by atoms with Crippen molar-refractivity contribution in [2.75, 3.05) is 19.8 Å². The highest BCUT2D eigenvalue weighted by molar-refractivity contribution is 4.80. The number of halogens is 1. The molecule has 84 valence electrons. The zero-order chi connectivity index (χ0) is 10.2. The van der Waals surface area contributed by atoms with Crippen LogP contribution >= 0.6 is 0 Å². The summed E-state index contributed by atoms with van der Waals surface area (Å²) < 4.78 is 18.5. The molecule has 2 atom stereocenters. The Bertz CT molecular complexity index is 143. The summed E-state index contributed by atoms with van der Waals surface area (Å²) in [6, 6.07) is 0.102. The van der Waals surface area contributed by atoms with E-state index in [9.17, 15) is 4.39 Å². The zero-order valence-electron chi connectivity index (χ0n) is 9.10. The molecule has 0 aromatic rings. The van der Waals surface area contributed by atoms with Gasteiger partial charge in [-0.2, -0.15) is 0 Å². The Morgan fingerprint density at radius 3 is 2.86 bits per heavy atom. The fourth-order valence-electron chi connectivity index (χ4n) is 1.92. The first-order chi connectivity index (χ1) is 6.84. The number of hydrogen-bond acceptors (Lipinski definition) is 2. The Kier molecular flexibility index (Phi) is 6.12. The molecule has 0 unspecified atom stereocenters. The molecule has 0 amide bonds. The van der Waals surface area contributed by atoms with Crippen molar-refractivity contribution in [3.05, 3.63) is 0 Å². The van der Waals surface area contributed by atoms with Crippen molar-refractivity contribution < 1.29 is 9.13 Å². The summed E-state index contributed by atoms with van der Waals surface area (Å²) >= 11 is 0. The van der Waals surface area contributed by atoms with Crippen molar-refractivity contribution in [2.45, 2.75) is 51.2 Å². The Hall–Kier alpha value is -0.150. The summed E-state index contributed by atoms with van der Waals surface area (Å²) in [7, 11) is 0. The topological polar surface area (TPSA) is 21.3 Å². The van der Waals surface area contributed by atoms with Crippen molar-refractivity contribution in [3.63, 3.8) is 0 Å². The first-order valence-corrected chi connectivity index (χ1v) is 5.79. The van der Waals surface area contributed by atoms with E-state index in [1.54, 1.807) is 0 Å². The van der Waals surface area contributed by atoms with Gasteiger partial charge in [0.2, 0.25) is 0 Å². The third kappa shape index (κ3) is 4.38. The predicted octanol–water partition coefficient (Wildman–Crippen LogP) is 2.28. The Balaban J connectivity index is 1.99. The van der Waals surface area contributed by atoms with Gasteiger partial charge in [0.05, 0.1) is 0 Å². The van der Waals surface area contributed by atoms with E-state index >= 15 is 0 Å². The van der Waals surface area contributed by atoms with Crippen molar-refractivity contribution in [1.82, 2.24) is 5.32 Å². The number of alkyl halides is 1. The molecule has 0 aromatic carbocycles. The van der Waals surface area contributed by atoms with E-state index in [0.717, 1.165) is 45.4 Å². The average Bonchev–Trinajstić information content (AvgIpc) is 2.20. The van der Waals surface area contributed by atoms with E-state index in [1.165, 1.54) is 6.42 Å². The molecule has 2 nitrogen and oxygen atoms in total. The fourth-order valence-corrected chi connectivity index (χ4v) is 1.92. The van der Waals surface area contributed by atoms with Gasteiger partial charge >= 0.3 is 0 Å². The summed E-state index contributed by atoms with van der Waals surface area (Å²) in [4.78, 5) is 0. The summed E-state index contributed by atoms with van der Waals surface area (Å²) in [5.41, 5.74) is 0. The standard InChI is InChI=1S/C11H22FNO/c1-2-14-9-5-8-13-11-7-4-3-6-10(11)12/h10-11,13H,2-9H2,1H3/t10-,11-/m1/s1. The molecular weight excluding hydrogens is 181 g/mol. The molecule has 0 bridgehead atoms. The lowest BCUT2D eigenvalue weighted by atomic mass is 9.93. The number of hydrogen-bond donors (Lipinski definition) is 1. The van der Waals surface area contributed by atoms with E-state index in [-0.39, 0.29) is 6.04 Å². The highest BCUT2D eigenvalue weighted by atomic mass is 19.1. The van der Waals surface area contributed by atoms with Crippen LogP contribution in [0.4, 0.5) is 4.39 Å². The highest BCUT2D eigenvalue weighted by Crippen LogP contribution is 2.20. The molecule has 1 saturated carbocycles. The lowest BCUT2D eigenvalue weighted by molar-refractivity contribution is 0.139. The molecule has 1 N–H and O–H groups in total. The van der Waals surface area contributed by atoms with Crippen LogP contribution in [0, 0.1) is 0 Å². The second-order valence-electron chi connectivity index (χ2n) is 3.91. The normalized spacial score (nSPS) is 27.9. The Morgan fingerprint density at radius 1 is 1.36 bits per heavy atom. The van der Waals surface area contributed by atoms with Gasteiger partial charge in [0.1, 0.15) is 6.17 Å². The minimum absolute atomic E-state index is 0.102. The van der Waals surface area contributed by atoms with Gasteiger partial charge in [-0.05, 0) is 32.7 Å². The van der Waals surface area contributed by atoms with Crippen molar-refractivity contribution in [3.8, 4) is 0 Å². The molecule has 0 aromatic heterocycles. The maximum absolute atomic E-state index is 13.3. The molecule has 0 radical (unpaired) electrons. The lowest BCUT2D eigenvalue weighted by Gasteiger charge is -2.26. The third-order valence-corrected chi connectivity index (χ3v) is 2.76. The van der Waals surface area contributed by atoms with Crippen LogP contribution in [-0.2, 0) is 4.74 Å². The molecule has 0 spiro atoms. The van der Waals surface area contributed by atoms with E-state index in [2.05, 4.69) is 5.32 Å². The van der Waals surface area contributed by atoms with Crippen LogP contribution < -0.4 is 5.32 Å². The summed E-state index contributed by atoms with van der Waals surface area (Å²) in [5.74, 6) is 0. The summed E-state index contributed by atoms with van der Waals surface area (Å²) in [6.07, 6.45) is 4.31. The first-order valence-electron chi connectivity index (χ1n) is 5.79. The molecule has 0 saturated heterocycles. The monoisotopic (exact) mass is 203 g/mol. The van der Waals surface area contributed by atoms with E-state index in [0.29, 0.717) is 0 Å². The van der Waals surface area contributed by atoms with E-state index < -0.39 is 6.17 Å². The van der Waals surface area contributed by atoms with Crippen LogP contribution in [-0.4, -0.2) is 32.0 Å². The van der Waals surface area contributed by atoms with E-state index in [1.807, 2.05) is 6.92 Å². The molecule has 1 aliphatic rings. The minimum atomic E-state index is -0.629. The molecule has 1 aliphatic carbocycles. The van der Waals surface area contributed by atoms with Gasteiger partial charge < -0.3 is 10.1 Å². The average molecular weight is 203 g/mol. The van der Waals surface area contributed by atoms with Gasteiger partial charge in [-0.25, -0.2) is 4.39 Å². The van der Waals surface area contributed by atoms with Gasteiger partial charge in [0.25, 0.3) is 0 Å².